The van der Waals surface area contributed by atoms with E-state index in [0.717, 1.165) is 12.8 Å². The maximum atomic E-state index is 11.9. The number of nitrogens with zero attached hydrogens (tertiary/aromatic N) is 1. The molecule has 2 amide bonds. The van der Waals surface area contributed by atoms with E-state index >= 15 is 0 Å². The van der Waals surface area contributed by atoms with Crippen LogP contribution in [0.25, 0.3) is 0 Å². The first-order valence-corrected chi connectivity index (χ1v) is 6.00. The van der Waals surface area contributed by atoms with Gasteiger partial charge in [0.05, 0.1) is 12.5 Å². The number of carbonyl (C=O) groups excluding carboxylic acids is 1. The molecule has 94 valence electrons. The van der Waals surface area contributed by atoms with Gasteiger partial charge in [0.1, 0.15) is 0 Å². The van der Waals surface area contributed by atoms with Crippen LogP contribution in [0.1, 0.15) is 19.3 Å². The predicted octanol–water partition coefficient (Wildman–Crippen LogP) is 1.39. The van der Waals surface area contributed by atoms with Crippen molar-refractivity contribution >= 4 is 23.6 Å². The predicted molar refractivity (Wildman–Crippen MR) is 62.8 cm³/mol. The fourth-order valence-electron chi connectivity index (χ4n) is 2.83. The van der Waals surface area contributed by atoms with Crippen LogP contribution in [0.3, 0.4) is 0 Å². The number of hydrogen-bond donors (Lipinski definition) is 2. The van der Waals surface area contributed by atoms with Gasteiger partial charge in [-0.15, -0.1) is 0 Å². The number of carbonyl (C=O) groups is 2. The van der Waals surface area contributed by atoms with Crippen LogP contribution in [0.15, 0.2) is 11.6 Å². The fraction of sp³-hybridized carbons (Fsp3) is 0.636. The lowest BCUT2D eigenvalue weighted by Gasteiger charge is -2.23. The van der Waals surface area contributed by atoms with Crippen LogP contribution in [-0.2, 0) is 4.79 Å². The van der Waals surface area contributed by atoms with Gasteiger partial charge in [0.2, 0.25) is 0 Å². The molecule has 0 aromatic heterocycles. The third-order valence-electron chi connectivity index (χ3n) is 3.52. The van der Waals surface area contributed by atoms with Gasteiger partial charge in [-0.3, -0.25) is 4.79 Å². The average molecular weight is 259 g/mol. The second-order valence-corrected chi connectivity index (χ2v) is 5.10. The number of urea groups is 1. The van der Waals surface area contributed by atoms with Crippen molar-refractivity contribution in [3.8, 4) is 0 Å². The van der Waals surface area contributed by atoms with Gasteiger partial charge in [0, 0.05) is 17.1 Å². The molecule has 2 N–H and O–H groups in total. The summed E-state index contributed by atoms with van der Waals surface area (Å²) in [6, 6.07) is -0.339. The molecule has 3 atom stereocenters. The highest BCUT2D eigenvalue weighted by atomic mass is 35.5. The summed E-state index contributed by atoms with van der Waals surface area (Å²) in [7, 11) is 0. The topological polar surface area (TPSA) is 69.6 Å². The Morgan fingerprint density at radius 3 is 2.71 bits per heavy atom. The molecule has 0 aromatic carbocycles. The first-order valence-electron chi connectivity index (χ1n) is 5.63. The maximum absolute atomic E-state index is 11.9. The number of amides is 2. The maximum Gasteiger partial charge on any atom is 0.318 e. The summed E-state index contributed by atoms with van der Waals surface area (Å²) in [4.78, 5) is 24.6. The highest BCUT2D eigenvalue weighted by Crippen LogP contribution is 2.41. The summed E-state index contributed by atoms with van der Waals surface area (Å²) in [6.07, 6.45) is 2.23. The van der Waals surface area contributed by atoms with Crippen molar-refractivity contribution in [2.75, 3.05) is 6.54 Å². The van der Waals surface area contributed by atoms with E-state index in [2.05, 4.69) is 11.9 Å². The molecule has 0 aromatic rings. The summed E-state index contributed by atoms with van der Waals surface area (Å²) in [5.41, 5.74) is 0. The van der Waals surface area contributed by atoms with Gasteiger partial charge in [0.25, 0.3) is 0 Å². The van der Waals surface area contributed by atoms with Crippen molar-refractivity contribution < 1.29 is 14.7 Å². The largest absolute Gasteiger partial charge is 0.481 e. The number of nitrogens with one attached hydrogen (secondary N) is 1. The van der Waals surface area contributed by atoms with Crippen molar-refractivity contribution in [3.05, 3.63) is 11.6 Å². The highest BCUT2D eigenvalue weighted by molar-refractivity contribution is 6.29. The minimum absolute atomic E-state index is 0.0599. The first kappa shape index (κ1) is 12.2. The van der Waals surface area contributed by atoms with Gasteiger partial charge < -0.3 is 15.3 Å². The van der Waals surface area contributed by atoms with Crippen LogP contribution in [0.2, 0.25) is 0 Å². The van der Waals surface area contributed by atoms with Gasteiger partial charge in [-0.05, 0) is 19.3 Å². The normalized spacial score (nSPS) is 30.4. The molecule has 5 nitrogen and oxygen atoms in total. The number of halogens is 1. The Morgan fingerprint density at radius 2 is 2.18 bits per heavy atom. The molecule has 2 bridgehead atoms. The van der Waals surface area contributed by atoms with E-state index in [4.69, 9.17) is 16.7 Å². The molecule has 6 heteroatoms. The zero-order chi connectivity index (χ0) is 12.6. The lowest BCUT2D eigenvalue weighted by atomic mass is 9.89. The number of aliphatic carboxylic acids is 1. The Labute approximate surface area is 104 Å². The number of carboxylic acid groups (broad SMARTS) is 1. The zero-order valence-electron chi connectivity index (χ0n) is 9.36. The number of hydrogen-bond acceptors (Lipinski definition) is 2. The van der Waals surface area contributed by atoms with Crippen LogP contribution in [-0.4, -0.2) is 40.6 Å². The average Bonchev–Trinajstić information content (AvgIpc) is 2.82. The van der Waals surface area contributed by atoms with Gasteiger partial charge in [0.15, 0.2) is 0 Å². The molecule has 2 fully saturated rings. The van der Waals surface area contributed by atoms with Crippen molar-refractivity contribution in [2.24, 2.45) is 5.92 Å². The molecular weight excluding hydrogens is 244 g/mol. The van der Waals surface area contributed by atoms with Crippen LogP contribution in [0, 0.1) is 5.92 Å². The Hall–Kier alpha value is -1.23. The summed E-state index contributed by atoms with van der Waals surface area (Å²) < 4.78 is 0. The fourth-order valence-corrected chi connectivity index (χ4v) is 2.90. The van der Waals surface area contributed by atoms with Crippen LogP contribution in [0.5, 0.6) is 0 Å². The monoisotopic (exact) mass is 258 g/mol. The van der Waals surface area contributed by atoms with Crippen molar-refractivity contribution in [2.45, 2.75) is 31.3 Å². The lowest BCUT2D eigenvalue weighted by Crippen LogP contribution is -2.44. The molecule has 2 rings (SSSR count). The third kappa shape index (κ3) is 2.24. The Bertz CT molecular complexity index is 372. The Balaban J connectivity index is 2.00. The van der Waals surface area contributed by atoms with Crippen molar-refractivity contribution in [1.29, 1.82) is 0 Å². The van der Waals surface area contributed by atoms with Gasteiger partial charge in [-0.2, -0.15) is 0 Å². The van der Waals surface area contributed by atoms with Gasteiger partial charge in [-0.1, -0.05) is 18.2 Å². The SMILES string of the molecule is C=C(Cl)CNC(=O)N1C2CCC1C(C(=O)O)C2. The number of rotatable bonds is 3. The van der Waals surface area contributed by atoms with E-state index in [9.17, 15) is 9.59 Å². The Morgan fingerprint density at radius 1 is 1.47 bits per heavy atom. The van der Waals surface area contributed by atoms with E-state index < -0.39 is 11.9 Å². The Kier molecular flexibility index (Phi) is 3.28. The molecule has 2 saturated heterocycles. The lowest BCUT2D eigenvalue weighted by molar-refractivity contribution is -0.142. The summed E-state index contributed by atoms with van der Waals surface area (Å²) in [5, 5.41) is 12.1. The van der Waals surface area contributed by atoms with Crippen molar-refractivity contribution in [1.82, 2.24) is 10.2 Å². The second kappa shape index (κ2) is 4.56. The molecule has 0 spiro atoms. The summed E-state index contributed by atoms with van der Waals surface area (Å²) >= 11 is 5.57. The zero-order valence-corrected chi connectivity index (χ0v) is 10.1. The van der Waals surface area contributed by atoms with E-state index in [-0.39, 0.29) is 24.7 Å². The van der Waals surface area contributed by atoms with Gasteiger partial charge in [-0.25, -0.2) is 4.79 Å². The smallest absolute Gasteiger partial charge is 0.318 e. The van der Waals surface area contributed by atoms with Crippen molar-refractivity contribution in [3.63, 3.8) is 0 Å². The highest BCUT2D eigenvalue weighted by Gasteiger charge is 2.51. The molecular formula is C11H15ClN2O3. The van der Waals surface area contributed by atoms with Crippen LogP contribution >= 0.6 is 11.6 Å². The van der Waals surface area contributed by atoms with Crippen LogP contribution in [0.4, 0.5) is 4.79 Å². The summed E-state index contributed by atoms with van der Waals surface area (Å²) in [6.45, 7) is 3.70. The summed E-state index contributed by atoms with van der Waals surface area (Å²) in [5.74, 6) is -1.23. The van der Waals surface area contributed by atoms with E-state index in [0.29, 0.717) is 11.5 Å². The molecule has 0 radical (unpaired) electrons. The molecule has 0 aliphatic carbocycles. The minimum atomic E-state index is -0.809. The molecule has 17 heavy (non-hydrogen) atoms. The van der Waals surface area contributed by atoms with E-state index in [1.807, 2.05) is 0 Å². The number of carboxylic acids is 1. The molecule has 2 aliphatic rings. The van der Waals surface area contributed by atoms with Crippen LogP contribution < -0.4 is 5.32 Å². The molecule has 0 saturated carbocycles. The third-order valence-corrected chi connectivity index (χ3v) is 3.65. The molecule has 2 heterocycles. The minimum Gasteiger partial charge on any atom is -0.481 e. The van der Waals surface area contributed by atoms with E-state index in [1.165, 1.54) is 0 Å². The second-order valence-electron chi connectivity index (χ2n) is 4.56. The number of fused-ring (bicyclic) bond motifs is 2. The van der Waals surface area contributed by atoms with E-state index in [1.54, 1.807) is 4.90 Å². The molecule has 2 aliphatic heterocycles. The molecule has 3 unspecified atom stereocenters. The van der Waals surface area contributed by atoms with Gasteiger partial charge >= 0.3 is 12.0 Å². The quantitative estimate of drug-likeness (QED) is 0.804. The first-order chi connectivity index (χ1) is 8.00. The standard InChI is InChI=1S/C11H15ClN2O3/c1-6(12)5-13-11(17)14-7-2-3-9(14)8(4-7)10(15)16/h7-9H,1-5H2,(H,13,17)(H,15,16).